The SMILES string of the molecule is C=C/C=C\C1=C(C)SC2CC3SC4CCCCC4N4C5CCCCC5B5C6CCCCC6N1C2C5C34. The molecular weight excluding hydrogens is 475 g/mol. The van der Waals surface area contributed by atoms with Crippen LogP contribution in [0.4, 0.5) is 0 Å². The molecule has 0 amide bonds. The van der Waals surface area contributed by atoms with Gasteiger partial charge in [-0.05, 0) is 62.6 Å². The first-order valence-electron chi connectivity index (χ1n) is 15.6. The van der Waals surface area contributed by atoms with E-state index < -0.39 is 0 Å². The summed E-state index contributed by atoms with van der Waals surface area (Å²) >= 11 is 4.79. The Morgan fingerprint density at radius 3 is 2.31 bits per heavy atom. The van der Waals surface area contributed by atoms with Crippen molar-refractivity contribution in [3.8, 4) is 0 Å². The van der Waals surface area contributed by atoms with Crippen LogP contribution in [0.1, 0.15) is 90.4 Å². The largest absolute Gasteiger partial charge is 0.365 e. The molecule has 4 saturated carbocycles. The molecule has 0 spiro atoms. The Balaban J connectivity index is 1.30. The average Bonchev–Trinajstić information content (AvgIpc) is 2.91. The summed E-state index contributed by atoms with van der Waals surface area (Å²) in [5.41, 5.74) is 1.58. The molecule has 7 fully saturated rings. The molecule has 8 rings (SSSR count). The second-order valence-corrected chi connectivity index (χ2v) is 16.5. The number of rotatable bonds is 2. The molecule has 8 aliphatic rings. The molecule has 11 unspecified atom stereocenters. The molecule has 4 aliphatic carbocycles. The van der Waals surface area contributed by atoms with Gasteiger partial charge in [0.25, 0.3) is 0 Å². The van der Waals surface area contributed by atoms with Gasteiger partial charge in [-0.25, -0.2) is 0 Å². The summed E-state index contributed by atoms with van der Waals surface area (Å²) in [4.78, 5) is 8.01. The van der Waals surface area contributed by atoms with Gasteiger partial charge in [-0.3, -0.25) is 4.90 Å². The van der Waals surface area contributed by atoms with Crippen LogP contribution in [0.3, 0.4) is 0 Å². The Hall–Kier alpha value is -0.255. The van der Waals surface area contributed by atoms with E-state index in [-0.39, 0.29) is 0 Å². The normalized spacial score (nSPS) is 49.8. The zero-order chi connectivity index (χ0) is 24.0. The molecule has 11 atom stereocenters. The maximum absolute atomic E-state index is 4.04. The lowest BCUT2D eigenvalue weighted by Gasteiger charge is -2.73. The van der Waals surface area contributed by atoms with Crippen molar-refractivity contribution in [1.29, 1.82) is 0 Å². The molecule has 2 nitrogen and oxygen atoms in total. The fraction of sp³-hybridized carbons (Fsp3) is 0.806. The third kappa shape index (κ3) is 3.30. The van der Waals surface area contributed by atoms with E-state index in [2.05, 4.69) is 59.0 Å². The fourth-order valence-corrected chi connectivity index (χ4v) is 15.0. The summed E-state index contributed by atoms with van der Waals surface area (Å²) < 4.78 is 0. The monoisotopic (exact) mass is 520 g/mol. The first-order chi connectivity index (χ1) is 17.8. The second-order valence-electron chi connectivity index (χ2n) is 13.5. The summed E-state index contributed by atoms with van der Waals surface area (Å²) in [5.74, 6) is 2.82. The van der Waals surface area contributed by atoms with Gasteiger partial charge >= 0.3 is 0 Å². The van der Waals surface area contributed by atoms with Gasteiger partial charge in [-0.2, -0.15) is 11.8 Å². The van der Waals surface area contributed by atoms with Gasteiger partial charge in [-0.15, -0.1) is 11.8 Å². The van der Waals surface area contributed by atoms with Gasteiger partial charge in [0.1, 0.15) is 0 Å². The molecule has 36 heavy (non-hydrogen) atoms. The first kappa shape index (κ1) is 23.6. The molecule has 0 bridgehead atoms. The first-order valence-corrected chi connectivity index (χ1v) is 17.5. The number of allylic oxidation sites excluding steroid dienone is 4. The van der Waals surface area contributed by atoms with Gasteiger partial charge in [0.15, 0.2) is 6.71 Å². The van der Waals surface area contributed by atoms with Crippen molar-refractivity contribution >= 4 is 30.2 Å². The average molecular weight is 521 g/mol. The summed E-state index contributed by atoms with van der Waals surface area (Å²) in [5, 5.41) is 2.61. The molecule has 4 aliphatic heterocycles. The summed E-state index contributed by atoms with van der Waals surface area (Å²) in [6.45, 7) is 7.47. The molecule has 0 aromatic rings. The standard InChI is InChI=1S/C31H45BN2S2/c1-3-4-13-22-19(2)35-27-18-28-31-29-30(27)33(22)23-14-7-5-11-20(23)32(29)21-12-6-8-15-24(21)34(31)25-16-9-10-17-26(25)36-28/h3-4,13,20-21,23-31H,1,5-12,14-18H2,2H3/b13-4-. The van der Waals surface area contributed by atoms with Gasteiger partial charge < -0.3 is 4.90 Å². The Morgan fingerprint density at radius 2 is 1.50 bits per heavy atom. The van der Waals surface area contributed by atoms with Crippen LogP contribution in [-0.4, -0.2) is 62.5 Å². The molecule has 0 N–H and O–H groups in total. The predicted octanol–water partition coefficient (Wildman–Crippen LogP) is 7.76. The van der Waals surface area contributed by atoms with Gasteiger partial charge in [0, 0.05) is 56.6 Å². The molecule has 3 saturated heterocycles. The summed E-state index contributed by atoms with van der Waals surface area (Å²) in [6, 6.07) is 4.21. The summed E-state index contributed by atoms with van der Waals surface area (Å²) in [6.07, 6.45) is 26.0. The molecule has 0 radical (unpaired) electrons. The minimum atomic E-state index is 0.764. The highest BCUT2D eigenvalue weighted by Crippen LogP contribution is 2.67. The van der Waals surface area contributed by atoms with Crippen LogP contribution >= 0.6 is 23.5 Å². The van der Waals surface area contributed by atoms with Crippen LogP contribution in [0.15, 0.2) is 35.4 Å². The zero-order valence-electron chi connectivity index (χ0n) is 22.3. The van der Waals surface area contributed by atoms with E-state index in [1.165, 1.54) is 83.5 Å². The predicted molar refractivity (Wildman–Crippen MR) is 158 cm³/mol. The van der Waals surface area contributed by atoms with Gasteiger partial charge in [0.05, 0.1) is 0 Å². The quantitative estimate of drug-likeness (QED) is 0.271. The Bertz CT molecular complexity index is 964. The molecule has 0 aromatic heterocycles. The van der Waals surface area contributed by atoms with Crippen LogP contribution in [-0.2, 0) is 0 Å². The number of hydrogen-bond donors (Lipinski definition) is 0. The van der Waals surface area contributed by atoms with E-state index in [9.17, 15) is 0 Å². The van der Waals surface area contributed by atoms with Crippen molar-refractivity contribution in [3.05, 3.63) is 35.4 Å². The Labute approximate surface area is 228 Å². The molecule has 4 heterocycles. The number of nitrogens with zero attached hydrogens (tertiary/aromatic N) is 2. The van der Waals surface area contributed by atoms with Crippen molar-refractivity contribution in [2.45, 2.75) is 154 Å². The number of thioether (sulfide) groups is 2. The third-order valence-corrected chi connectivity index (χ3v) is 15.2. The van der Waals surface area contributed by atoms with Crippen LogP contribution < -0.4 is 0 Å². The van der Waals surface area contributed by atoms with E-state index in [1.807, 2.05) is 6.08 Å². The van der Waals surface area contributed by atoms with Crippen molar-refractivity contribution in [1.82, 2.24) is 9.80 Å². The minimum absolute atomic E-state index is 0.764. The van der Waals surface area contributed by atoms with E-state index >= 15 is 0 Å². The zero-order valence-corrected chi connectivity index (χ0v) is 23.9. The van der Waals surface area contributed by atoms with Crippen molar-refractivity contribution in [3.63, 3.8) is 0 Å². The lowest BCUT2D eigenvalue weighted by Crippen LogP contribution is -2.78. The molecular formula is C31H45BN2S2. The smallest absolute Gasteiger partial charge is 0.158 e. The van der Waals surface area contributed by atoms with Gasteiger partial charge in [0.2, 0.25) is 0 Å². The number of fused-ring (bicyclic) bond motifs is 8. The lowest BCUT2D eigenvalue weighted by molar-refractivity contribution is -0.0274. The van der Waals surface area contributed by atoms with Crippen LogP contribution in [0, 0.1) is 0 Å². The van der Waals surface area contributed by atoms with Crippen molar-refractivity contribution < 1.29 is 0 Å². The van der Waals surface area contributed by atoms with Crippen molar-refractivity contribution in [2.75, 3.05) is 0 Å². The maximum atomic E-state index is 4.04. The molecule has 5 heteroatoms. The lowest BCUT2D eigenvalue weighted by atomic mass is 9.18. The van der Waals surface area contributed by atoms with Gasteiger partial charge in [-0.1, -0.05) is 70.1 Å². The molecule has 0 aromatic carbocycles. The highest BCUT2D eigenvalue weighted by Gasteiger charge is 2.68. The molecule has 194 valence electrons. The van der Waals surface area contributed by atoms with E-state index in [1.54, 1.807) is 10.6 Å². The topological polar surface area (TPSA) is 6.48 Å². The Morgan fingerprint density at radius 1 is 0.806 bits per heavy atom. The van der Waals surface area contributed by atoms with E-state index in [0.29, 0.717) is 0 Å². The van der Waals surface area contributed by atoms with Crippen LogP contribution in [0.2, 0.25) is 17.5 Å². The maximum Gasteiger partial charge on any atom is 0.158 e. The fourth-order valence-electron chi connectivity index (χ4n) is 11.3. The minimum Gasteiger partial charge on any atom is -0.365 e. The highest BCUT2D eigenvalue weighted by atomic mass is 32.2. The van der Waals surface area contributed by atoms with Crippen molar-refractivity contribution in [2.24, 2.45) is 0 Å². The third-order valence-electron chi connectivity index (χ3n) is 12.2. The Kier molecular flexibility index (Phi) is 6.00. The van der Waals surface area contributed by atoms with E-state index in [0.717, 1.165) is 70.1 Å². The number of hydrogen-bond acceptors (Lipinski definition) is 4. The highest BCUT2D eigenvalue weighted by molar-refractivity contribution is 8.04. The summed E-state index contributed by atoms with van der Waals surface area (Å²) in [7, 11) is 0. The van der Waals surface area contributed by atoms with Crippen LogP contribution in [0.5, 0.6) is 0 Å². The second kappa shape index (κ2) is 9.15. The van der Waals surface area contributed by atoms with Crippen LogP contribution in [0.25, 0.3) is 0 Å². The van der Waals surface area contributed by atoms with E-state index in [4.69, 9.17) is 0 Å².